The number of fused-ring (bicyclic) bond motifs is 1. The Balaban J connectivity index is 1.69. The Hall–Kier alpha value is -3.45. The Labute approximate surface area is 157 Å². The highest BCUT2D eigenvalue weighted by Gasteiger charge is 2.12. The van der Waals surface area contributed by atoms with Crippen LogP contribution in [0.5, 0.6) is 0 Å². The highest BCUT2D eigenvalue weighted by Crippen LogP contribution is 2.24. The molecule has 3 aromatic heterocycles. The summed E-state index contributed by atoms with van der Waals surface area (Å²) in [7, 11) is 0. The number of aromatic carboxylic acids is 1. The molecule has 3 heterocycles. The third kappa shape index (κ3) is 3.58. The van der Waals surface area contributed by atoms with Gasteiger partial charge in [-0.25, -0.2) is 19.2 Å². The Morgan fingerprint density at radius 1 is 1.07 bits per heavy atom. The van der Waals surface area contributed by atoms with Gasteiger partial charge in [-0.1, -0.05) is 6.07 Å². The van der Waals surface area contributed by atoms with E-state index in [1.54, 1.807) is 18.3 Å². The maximum absolute atomic E-state index is 13.5. The van der Waals surface area contributed by atoms with Gasteiger partial charge in [0.05, 0.1) is 28.2 Å². The molecule has 0 saturated carbocycles. The summed E-state index contributed by atoms with van der Waals surface area (Å²) in [5.74, 6) is -1.55. The average Bonchev–Trinajstić information content (AvgIpc) is 3.15. The molecule has 0 amide bonds. The Morgan fingerprint density at radius 3 is 2.70 bits per heavy atom. The molecule has 1 aromatic carbocycles. The van der Waals surface area contributed by atoms with Gasteiger partial charge in [0.15, 0.2) is 0 Å². The first kappa shape index (κ1) is 17.0. The van der Waals surface area contributed by atoms with Crippen molar-refractivity contribution in [1.29, 1.82) is 0 Å². The minimum absolute atomic E-state index is 0.0760. The molecule has 1 N–H and O–H groups in total. The average molecular weight is 377 g/mol. The molecule has 0 bridgehead atoms. The number of aromatic nitrogens is 3. The first-order chi connectivity index (χ1) is 13.1. The number of carbonyl (C=O) groups is 1. The quantitative estimate of drug-likeness (QED) is 0.555. The van der Waals surface area contributed by atoms with Crippen molar-refractivity contribution in [3.8, 4) is 10.7 Å². The summed E-state index contributed by atoms with van der Waals surface area (Å²) in [5.41, 5.74) is 2.28. The molecule has 4 aromatic rings. The summed E-state index contributed by atoms with van der Waals surface area (Å²) < 4.78 is 13.5. The second-order valence-corrected chi connectivity index (χ2v) is 6.55. The van der Waals surface area contributed by atoms with Crippen molar-refractivity contribution in [2.24, 2.45) is 0 Å². The van der Waals surface area contributed by atoms with Crippen molar-refractivity contribution in [2.45, 2.75) is 0 Å². The molecule has 0 aliphatic carbocycles. The van der Waals surface area contributed by atoms with E-state index in [0.717, 1.165) is 10.7 Å². The van der Waals surface area contributed by atoms with Gasteiger partial charge in [-0.05, 0) is 42.5 Å². The number of carboxylic acids is 1. The van der Waals surface area contributed by atoms with Crippen molar-refractivity contribution in [1.82, 2.24) is 15.0 Å². The molecule has 0 radical (unpaired) electrons. The first-order valence-electron chi connectivity index (χ1n) is 7.99. The molecule has 0 spiro atoms. The van der Waals surface area contributed by atoms with E-state index in [-0.39, 0.29) is 5.56 Å². The van der Waals surface area contributed by atoms with Crippen LogP contribution in [0.25, 0.3) is 33.8 Å². The van der Waals surface area contributed by atoms with Gasteiger partial charge in [0, 0.05) is 23.0 Å². The molecule has 0 unspecified atom stereocenters. The smallest absolute Gasteiger partial charge is 0.336 e. The molecular weight excluding hydrogens is 365 g/mol. The molecule has 5 nitrogen and oxygen atoms in total. The molecule has 0 aliphatic rings. The number of hydrogen-bond acceptors (Lipinski definition) is 5. The highest BCUT2D eigenvalue weighted by molar-refractivity contribution is 7.13. The number of rotatable bonds is 4. The van der Waals surface area contributed by atoms with Crippen molar-refractivity contribution >= 4 is 40.4 Å². The van der Waals surface area contributed by atoms with Gasteiger partial charge < -0.3 is 5.11 Å². The summed E-state index contributed by atoms with van der Waals surface area (Å²) in [4.78, 5) is 24.6. The standard InChI is InChI=1S/C20H12FN3O2S/c21-12-4-7-15-16(20(25)26)10-13(23-18(15)9-12)5-6-14-11-27-19(24-14)17-3-1-2-8-22-17/h1-11H,(H,25,26). The Morgan fingerprint density at radius 2 is 1.93 bits per heavy atom. The lowest BCUT2D eigenvalue weighted by molar-refractivity contribution is 0.0699. The fourth-order valence-corrected chi connectivity index (χ4v) is 3.39. The maximum atomic E-state index is 13.5. The van der Waals surface area contributed by atoms with Gasteiger partial charge in [0.2, 0.25) is 0 Å². The van der Waals surface area contributed by atoms with Crippen molar-refractivity contribution < 1.29 is 14.3 Å². The monoisotopic (exact) mass is 377 g/mol. The lowest BCUT2D eigenvalue weighted by Crippen LogP contribution is -2.00. The zero-order valence-corrected chi connectivity index (χ0v) is 14.7. The minimum Gasteiger partial charge on any atom is -0.478 e. The van der Waals surface area contributed by atoms with E-state index in [2.05, 4.69) is 15.0 Å². The summed E-state index contributed by atoms with van der Waals surface area (Å²) in [6.45, 7) is 0. The second-order valence-electron chi connectivity index (χ2n) is 5.69. The lowest BCUT2D eigenvalue weighted by Gasteiger charge is -2.04. The molecule has 0 aliphatic heterocycles. The van der Waals surface area contributed by atoms with Crippen LogP contribution in [0, 0.1) is 5.82 Å². The van der Waals surface area contributed by atoms with Crippen LogP contribution < -0.4 is 0 Å². The van der Waals surface area contributed by atoms with Gasteiger partial charge in [-0.15, -0.1) is 11.3 Å². The third-order valence-electron chi connectivity index (χ3n) is 3.85. The third-order valence-corrected chi connectivity index (χ3v) is 4.74. The predicted molar refractivity (Wildman–Crippen MR) is 103 cm³/mol. The topological polar surface area (TPSA) is 76.0 Å². The zero-order chi connectivity index (χ0) is 18.8. The minimum atomic E-state index is -1.09. The van der Waals surface area contributed by atoms with E-state index >= 15 is 0 Å². The van der Waals surface area contributed by atoms with Crippen LogP contribution in [0.2, 0.25) is 0 Å². The molecule has 27 heavy (non-hydrogen) atoms. The largest absolute Gasteiger partial charge is 0.478 e. The molecule has 0 atom stereocenters. The Kier molecular flexibility index (Phi) is 4.43. The van der Waals surface area contributed by atoms with Gasteiger partial charge in [0.1, 0.15) is 10.8 Å². The van der Waals surface area contributed by atoms with E-state index in [1.807, 2.05) is 23.6 Å². The molecule has 0 fully saturated rings. The molecule has 132 valence electrons. The van der Waals surface area contributed by atoms with Crippen LogP contribution in [0.15, 0.2) is 54.0 Å². The van der Waals surface area contributed by atoms with Gasteiger partial charge in [-0.2, -0.15) is 0 Å². The first-order valence-corrected chi connectivity index (χ1v) is 8.87. The highest BCUT2D eigenvalue weighted by atomic mass is 32.1. The number of carboxylic acid groups (broad SMARTS) is 1. The molecule has 0 saturated heterocycles. The lowest BCUT2D eigenvalue weighted by atomic mass is 10.1. The number of benzene rings is 1. The van der Waals surface area contributed by atoms with Gasteiger partial charge >= 0.3 is 5.97 Å². The van der Waals surface area contributed by atoms with Crippen LogP contribution in [-0.2, 0) is 0 Å². The number of nitrogens with zero attached hydrogens (tertiary/aromatic N) is 3. The predicted octanol–water partition coefficient (Wildman–Crippen LogP) is 4.76. The van der Waals surface area contributed by atoms with E-state index in [1.165, 1.54) is 35.6 Å². The van der Waals surface area contributed by atoms with Crippen LogP contribution in [0.1, 0.15) is 21.7 Å². The summed E-state index contributed by atoms with van der Waals surface area (Å²) >= 11 is 1.46. The Bertz CT molecular complexity index is 1170. The number of thiazole rings is 1. The van der Waals surface area contributed by atoms with Crippen LogP contribution in [-0.4, -0.2) is 26.0 Å². The fraction of sp³-hybridized carbons (Fsp3) is 0. The number of hydrogen-bond donors (Lipinski definition) is 1. The van der Waals surface area contributed by atoms with Crippen molar-refractivity contribution in [3.05, 3.63) is 76.8 Å². The van der Waals surface area contributed by atoms with Crippen LogP contribution in [0.3, 0.4) is 0 Å². The van der Waals surface area contributed by atoms with E-state index < -0.39 is 11.8 Å². The number of halogens is 1. The normalized spacial score (nSPS) is 11.3. The molecule has 4 rings (SSSR count). The van der Waals surface area contributed by atoms with E-state index in [0.29, 0.717) is 22.3 Å². The van der Waals surface area contributed by atoms with Crippen LogP contribution in [0.4, 0.5) is 4.39 Å². The molecular formula is C20H12FN3O2S. The van der Waals surface area contributed by atoms with Crippen LogP contribution >= 0.6 is 11.3 Å². The summed E-state index contributed by atoms with van der Waals surface area (Å²) in [6.07, 6.45) is 5.11. The van der Waals surface area contributed by atoms with Crippen molar-refractivity contribution in [2.75, 3.05) is 0 Å². The SMILES string of the molecule is O=C(O)c1cc(C=Cc2csc(-c3ccccn3)n2)nc2cc(F)ccc12. The summed E-state index contributed by atoms with van der Waals surface area (Å²) in [5, 5.41) is 12.5. The van der Waals surface area contributed by atoms with Gasteiger partial charge in [-0.3, -0.25) is 4.98 Å². The van der Waals surface area contributed by atoms with E-state index in [4.69, 9.17) is 0 Å². The fourth-order valence-electron chi connectivity index (χ4n) is 2.62. The number of pyridine rings is 2. The summed E-state index contributed by atoms with van der Waals surface area (Å²) in [6, 6.07) is 10.9. The maximum Gasteiger partial charge on any atom is 0.336 e. The van der Waals surface area contributed by atoms with Crippen molar-refractivity contribution in [3.63, 3.8) is 0 Å². The second kappa shape index (κ2) is 7.05. The zero-order valence-electron chi connectivity index (χ0n) is 13.8. The molecule has 7 heteroatoms. The van der Waals surface area contributed by atoms with Gasteiger partial charge in [0.25, 0.3) is 0 Å². The van der Waals surface area contributed by atoms with E-state index in [9.17, 15) is 14.3 Å².